The maximum atomic E-state index is 5.71. The molecule has 0 saturated carbocycles. The van der Waals surface area contributed by atoms with Crippen LogP contribution < -0.4 is 5.73 Å². The van der Waals surface area contributed by atoms with Crippen molar-refractivity contribution < 1.29 is 0 Å². The van der Waals surface area contributed by atoms with Crippen LogP contribution in [0.15, 0.2) is 35.5 Å². The summed E-state index contributed by atoms with van der Waals surface area (Å²) in [6.07, 6.45) is 3.53. The Hall–Kier alpha value is -1.33. The van der Waals surface area contributed by atoms with Gasteiger partial charge in [0.25, 0.3) is 0 Å². The Kier molecular flexibility index (Phi) is 6.26. The van der Waals surface area contributed by atoms with Crippen molar-refractivity contribution >= 4 is 11.8 Å². The molecule has 2 N–H and O–H groups in total. The molecule has 0 aliphatic rings. The minimum atomic E-state index is 0.352. The molecule has 0 aliphatic heterocycles. The van der Waals surface area contributed by atoms with Gasteiger partial charge in [0.1, 0.15) is 5.82 Å². The van der Waals surface area contributed by atoms with Gasteiger partial charge in [0.15, 0.2) is 5.16 Å². The van der Waals surface area contributed by atoms with Crippen molar-refractivity contribution in [2.75, 3.05) is 5.75 Å². The van der Waals surface area contributed by atoms with Gasteiger partial charge in [0, 0.05) is 11.8 Å². The quantitative estimate of drug-likeness (QED) is 0.599. The molecular weight excluding hydrogens is 280 g/mol. The lowest BCUT2D eigenvalue weighted by atomic mass is 10.1. The highest BCUT2D eigenvalue weighted by Crippen LogP contribution is 2.22. The summed E-state index contributed by atoms with van der Waals surface area (Å²) in [6, 6.07) is 11.0. The average molecular weight is 304 g/mol. The molecule has 0 atom stereocenters. The second-order valence-electron chi connectivity index (χ2n) is 5.36. The molecule has 1 aromatic carbocycles. The molecule has 5 heteroatoms. The zero-order valence-corrected chi connectivity index (χ0v) is 13.6. The van der Waals surface area contributed by atoms with E-state index in [0.717, 1.165) is 23.2 Å². The van der Waals surface area contributed by atoms with Crippen molar-refractivity contribution in [3.05, 3.63) is 41.7 Å². The first-order valence-corrected chi connectivity index (χ1v) is 8.51. The van der Waals surface area contributed by atoms with Gasteiger partial charge in [-0.1, -0.05) is 42.1 Å². The molecule has 114 valence electrons. The largest absolute Gasteiger partial charge is 0.324 e. The fourth-order valence-corrected chi connectivity index (χ4v) is 3.39. The monoisotopic (exact) mass is 304 g/mol. The van der Waals surface area contributed by atoms with E-state index >= 15 is 0 Å². The fraction of sp³-hybridized carbons (Fsp3) is 0.500. The van der Waals surface area contributed by atoms with E-state index in [2.05, 4.69) is 58.9 Å². The topological polar surface area (TPSA) is 56.7 Å². The highest BCUT2D eigenvalue weighted by molar-refractivity contribution is 7.99. The Balaban J connectivity index is 1.77. The van der Waals surface area contributed by atoms with E-state index in [1.807, 2.05) is 0 Å². The molecular formula is C16H24N4S. The van der Waals surface area contributed by atoms with Crippen LogP contribution in [0, 0.1) is 0 Å². The molecule has 0 bridgehead atoms. The Morgan fingerprint density at radius 3 is 2.57 bits per heavy atom. The lowest BCUT2D eigenvalue weighted by Gasteiger charge is -2.12. The third-order valence-corrected chi connectivity index (χ3v) is 4.40. The van der Waals surface area contributed by atoms with E-state index in [-0.39, 0.29) is 0 Å². The van der Waals surface area contributed by atoms with Crippen LogP contribution in [-0.4, -0.2) is 20.5 Å². The summed E-state index contributed by atoms with van der Waals surface area (Å²) in [5, 5.41) is 9.42. The summed E-state index contributed by atoms with van der Waals surface area (Å²) < 4.78 is 2.14. The smallest absolute Gasteiger partial charge is 0.191 e. The third-order valence-electron chi connectivity index (χ3n) is 3.37. The van der Waals surface area contributed by atoms with Gasteiger partial charge in [-0.15, -0.1) is 10.2 Å². The average Bonchev–Trinajstić information content (AvgIpc) is 2.91. The van der Waals surface area contributed by atoms with Gasteiger partial charge in [-0.25, -0.2) is 0 Å². The number of hydrogen-bond donors (Lipinski definition) is 1. The summed E-state index contributed by atoms with van der Waals surface area (Å²) in [4.78, 5) is 0. The number of nitrogens with zero attached hydrogens (tertiary/aromatic N) is 3. The molecule has 0 fully saturated rings. The summed E-state index contributed by atoms with van der Waals surface area (Å²) >= 11 is 1.78. The molecule has 2 aromatic rings. The lowest BCUT2D eigenvalue weighted by Crippen LogP contribution is -2.11. The van der Waals surface area contributed by atoms with Gasteiger partial charge in [-0.3, -0.25) is 0 Å². The van der Waals surface area contributed by atoms with Crippen molar-refractivity contribution in [1.29, 1.82) is 0 Å². The van der Waals surface area contributed by atoms with Gasteiger partial charge >= 0.3 is 0 Å². The minimum absolute atomic E-state index is 0.352. The Morgan fingerprint density at radius 2 is 1.90 bits per heavy atom. The SMILES string of the molecule is CC(C)n1c(CN)nnc1SCCCCc1ccccc1. The normalized spacial score (nSPS) is 11.2. The van der Waals surface area contributed by atoms with E-state index in [4.69, 9.17) is 5.73 Å². The number of unbranched alkanes of at least 4 members (excludes halogenated alkanes) is 1. The highest BCUT2D eigenvalue weighted by Gasteiger charge is 2.13. The maximum Gasteiger partial charge on any atom is 0.191 e. The number of hydrogen-bond acceptors (Lipinski definition) is 4. The summed E-state index contributed by atoms with van der Waals surface area (Å²) in [5.74, 6) is 1.94. The summed E-state index contributed by atoms with van der Waals surface area (Å²) in [7, 11) is 0. The van der Waals surface area contributed by atoms with Crippen LogP contribution in [0.2, 0.25) is 0 Å². The van der Waals surface area contributed by atoms with Gasteiger partial charge in [0.05, 0.1) is 6.54 Å². The van der Waals surface area contributed by atoms with Crippen molar-refractivity contribution in [2.45, 2.75) is 50.9 Å². The molecule has 0 amide bonds. The second kappa shape index (κ2) is 8.20. The number of benzene rings is 1. The van der Waals surface area contributed by atoms with Crippen molar-refractivity contribution in [3.8, 4) is 0 Å². The maximum absolute atomic E-state index is 5.71. The van der Waals surface area contributed by atoms with Crippen LogP contribution in [-0.2, 0) is 13.0 Å². The number of aromatic nitrogens is 3. The zero-order chi connectivity index (χ0) is 15.1. The number of rotatable bonds is 8. The molecule has 4 nitrogen and oxygen atoms in total. The predicted molar refractivity (Wildman–Crippen MR) is 88.4 cm³/mol. The molecule has 0 unspecified atom stereocenters. The number of nitrogens with two attached hydrogens (primary N) is 1. The fourth-order valence-electron chi connectivity index (χ4n) is 2.30. The molecule has 1 aromatic heterocycles. The van der Waals surface area contributed by atoms with Crippen LogP contribution >= 0.6 is 11.8 Å². The van der Waals surface area contributed by atoms with E-state index in [1.54, 1.807) is 11.8 Å². The third kappa shape index (κ3) is 4.58. The van der Waals surface area contributed by atoms with Gasteiger partial charge in [-0.05, 0) is 38.7 Å². The molecule has 0 radical (unpaired) electrons. The van der Waals surface area contributed by atoms with Crippen molar-refractivity contribution in [1.82, 2.24) is 14.8 Å². The molecule has 1 heterocycles. The zero-order valence-electron chi connectivity index (χ0n) is 12.8. The van der Waals surface area contributed by atoms with E-state index in [0.29, 0.717) is 12.6 Å². The van der Waals surface area contributed by atoms with Crippen molar-refractivity contribution in [3.63, 3.8) is 0 Å². The molecule has 0 aliphatic carbocycles. The molecule has 21 heavy (non-hydrogen) atoms. The lowest BCUT2D eigenvalue weighted by molar-refractivity contribution is 0.526. The van der Waals surface area contributed by atoms with Crippen molar-refractivity contribution in [2.24, 2.45) is 5.73 Å². The molecule has 2 rings (SSSR count). The molecule has 0 saturated heterocycles. The van der Waals surface area contributed by atoms with Crippen LogP contribution in [0.5, 0.6) is 0 Å². The van der Waals surface area contributed by atoms with Gasteiger partial charge in [-0.2, -0.15) is 0 Å². The van der Waals surface area contributed by atoms with E-state index in [1.165, 1.54) is 18.4 Å². The summed E-state index contributed by atoms with van der Waals surface area (Å²) in [6.45, 7) is 4.73. The van der Waals surface area contributed by atoms with Crippen LogP contribution in [0.4, 0.5) is 0 Å². The van der Waals surface area contributed by atoms with Gasteiger partial charge < -0.3 is 10.3 Å². The minimum Gasteiger partial charge on any atom is -0.324 e. The highest BCUT2D eigenvalue weighted by atomic mass is 32.2. The first-order chi connectivity index (χ1) is 10.2. The Bertz CT molecular complexity index is 536. The van der Waals surface area contributed by atoms with E-state index < -0.39 is 0 Å². The van der Waals surface area contributed by atoms with Crippen LogP contribution in [0.3, 0.4) is 0 Å². The Morgan fingerprint density at radius 1 is 1.14 bits per heavy atom. The van der Waals surface area contributed by atoms with Crippen LogP contribution in [0.1, 0.15) is 44.1 Å². The van der Waals surface area contributed by atoms with E-state index in [9.17, 15) is 0 Å². The predicted octanol–water partition coefficient (Wildman–Crippen LogP) is 3.43. The number of thioether (sulfide) groups is 1. The van der Waals surface area contributed by atoms with Crippen LogP contribution in [0.25, 0.3) is 0 Å². The first kappa shape index (κ1) is 16.0. The first-order valence-electron chi connectivity index (χ1n) is 7.53. The number of aryl methyl sites for hydroxylation is 1. The summed E-state index contributed by atoms with van der Waals surface area (Å²) in [5.41, 5.74) is 7.12. The standard InChI is InChI=1S/C16H24N4S/c1-13(2)20-15(12-17)18-19-16(20)21-11-7-6-10-14-8-4-3-5-9-14/h3-5,8-9,13H,6-7,10-12,17H2,1-2H3. The second-order valence-corrected chi connectivity index (χ2v) is 6.42. The molecule has 0 spiro atoms. The Labute approximate surface area is 131 Å². The van der Waals surface area contributed by atoms with Gasteiger partial charge in [0.2, 0.25) is 0 Å².